The number of ether oxygens (including phenoxy) is 3. The topological polar surface area (TPSA) is 61.8 Å². The van der Waals surface area contributed by atoms with Crippen molar-refractivity contribution in [2.45, 2.75) is 284 Å². The molecule has 0 spiro atoms. The molecule has 0 fully saturated rings. The fourth-order valence-corrected chi connectivity index (χ4v) is 7.95. The molecule has 0 aliphatic carbocycles. The zero-order valence-electron chi connectivity index (χ0n) is 42.8. The first-order chi connectivity index (χ1) is 31.6. The highest BCUT2D eigenvalue weighted by Crippen LogP contribution is 2.16. The number of esters is 2. The van der Waals surface area contributed by atoms with Gasteiger partial charge in [-0.15, -0.1) is 0 Å². The van der Waals surface area contributed by atoms with Crippen molar-refractivity contribution in [3.8, 4) is 0 Å². The standard InChI is InChI=1S/C59H106O5/c1-4-7-10-13-16-19-22-25-27-29-31-33-36-39-42-45-48-51-54-62-55-57(64-59(61)53-50-47-44-41-38-34-24-21-18-15-12-9-6-3)56-63-58(60)52-49-46-43-40-37-35-32-30-28-26-23-20-17-14-11-8-5-2/h7,10,16,19,25,27,31,33,39,42,57H,4-6,8-9,11-15,17-18,20-24,26,28-30,32,34-38,40-41,43-56H2,1-3H3/b10-7-,19-16-,27-25-,33-31-,42-39-. The highest BCUT2D eigenvalue weighted by atomic mass is 16.6. The average molecular weight is 895 g/mol. The molecule has 0 heterocycles. The van der Waals surface area contributed by atoms with Crippen LogP contribution in [0.25, 0.3) is 0 Å². The maximum atomic E-state index is 12.8. The minimum absolute atomic E-state index is 0.0716. The Labute approximate surface area is 398 Å². The van der Waals surface area contributed by atoms with Crippen LogP contribution in [-0.2, 0) is 23.8 Å². The SMILES string of the molecule is CC/C=C\C/C=C\C/C=C\C/C=C\C/C=C\CCCCOCC(COC(=O)CCCCCCCCCCCCCCCCCCC)OC(=O)CCCCCCCCCCCCCCC. The molecule has 372 valence electrons. The third-order valence-electron chi connectivity index (χ3n) is 12.1. The van der Waals surface area contributed by atoms with Crippen molar-refractivity contribution < 1.29 is 23.8 Å². The van der Waals surface area contributed by atoms with Crippen LogP contribution in [-0.4, -0.2) is 37.9 Å². The summed E-state index contributed by atoms with van der Waals surface area (Å²) >= 11 is 0. The Hall–Kier alpha value is -2.40. The quantitative estimate of drug-likeness (QED) is 0.0346. The number of carbonyl (C=O) groups excluding carboxylic acids is 2. The third kappa shape index (κ3) is 52.2. The van der Waals surface area contributed by atoms with Crippen molar-refractivity contribution in [1.29, 1.82) is 0 Å². The van der Waals surface area contributed by atoms with Crippen molar-refractivity contribution >= 4 is 11.9 Å². The van der Waals surface area contributed by atoms with Crippen LogP contribution in [0.4, 0.5) is 0 Å². The summed E-state index contributed by atoms with van der Waals surface area (Å²) in [5.41, 5.74) is 0. The highest BCUT2D eigenvalue weighted by Gasteiger charge is 2.17. The molecule has 0 aromatic heterocycles. The molecule has 1 atom stereocenters. The first-order valence-corrected chi connectivity index (χ1v) is 27.8. The van der Waals surface area contributed by atoms with E-state index in [0.29, 0.717) is 19.4 Å². The molecule has 0 aromatic rings. The monoisotopic (exact) mass is 895 g/mol. The lowest BCUT2D eigenvalue weighted by molar-refractivity contribution is -0.163. The van der Waals surface area contributed by atoms with Gasteiger partial charge < -0.3 is 14.2 Å². The Bertz CT molecular complexity index is 1100. The van der Waals surface area contributed by atoms with Crippen LogP contribution in [0.2, 0.25) is 0 Å². The van der Waals surface area contributed by atoms with Gasteiger partial charge in [-0.25, -0.2) is 0 Å². The minimum atomic E-state index is -0.556. The molecule has 5 nitrogen and oxygen atoms in total. The second-order valence-electron chi connectivity index (χ2n) is 18.5. The Kier molecular flexibility index (Phi) is 52.9. The molecule has 0 saturated heterocycles. The fourth-order valence-electron chi connectivity index (χ4n) is 7.95. The molecule has 64 heavy (non-hydrogen) atoms. The van der Waals surface area contributed by atoms with Crippen LogP contribution in [0.5, 0.6) is 0 Å². The van der Waals surface area contributed by atoms with Crippen LogP contribution >= 0.6 is 0 Å². The van der Waals surface area contributed by atoms with Crippen LogP contribution in [0.15, 0.2) is 60.8 Å². The zero-order chi connectivity index (χ0) is 46.3. The Balaban J connectivity index is 4.30. The highest BCUT2D eigenvalue weighted by molar-refractivity contribution is 5.70. The normalized spacial score (nSPS) is 12.6. The number of rotatable bonds is 51. The van der Waals surface area contributed by atoms with Crippen LogP contribution in [0.3, 0.4) is 0 Å². The minimum Gasteiger partial charge on any atom is -0.462 e. The number of hydrogen-bond acceptors (Lipinski definition) is 5. The van der Waals surface area contributed by atoms with Gasteiger partial charge in [0.2, 0.25) is 0 Å². The second kappa shape index (κ2) is 54.9. The van der Waals surface area contributed by atoms with E-state index in [2.05, 4.69) is 81.5 Å². The van der Waals surface area contributed by atoms with Gasteiger partial charge in [0.15, 0.2) is 6.10 Å². The maximum absolute atomic E-state index is 12.8. The lowest BCUT2D eigenvalue weighted by Crippen LogP contribution is -2.30. The smallest absolute Gasteiger partial charge is 0.306 e. The van der Waals surface area contributed by atoms with Gasteiger partial charge in [-0.3, -0.25) is 9.59 Å². The molecule has 0 aliphatic heterocycles. The van der Waals surface area contributed by atoms with E-state index in [-0.39, 0.29) is 25.2 Å². The van der Waals surface area contributed by atoms with Crippen LogP contribution in [0.1, 0.15) is 278 Å². The van der Waals surface area contributed by atoms with Gasteiger partial charge in [0, 0.05) is 19.4 Å². The largest absolute Gasteiger partial charge is 0.462 e. The van der Waals surface area contributed by atoms with Gasteiger partial charge in [0.05, 0.1) is 6.61 Å². The van der Waals surface area contributed by atoms with Crippen molar-refractivity contribution in [3.05, 3.63) is 60.8 Å². The van der Waals surface area contributed by atoms with E-state index in [1.54, 1.807) is 0 Å². The molecule has 0 saturated carbocycles. The number of allylic oxidation sites excluding steroid dienone is 10. The summed E-state index contributed by atoms with van der Waals surface area (Å²) in [5, 5.41) is 0. The molecule has 0 N–H and O–H groups in total. The zero-order valence-corrected chi connectivity index (χ0v) is 42.8. The molecule has 1 unspecified atom stereocenters. The van der Waals surface area contributed by atoms with E-state index in [0.717, 1.165) is 77.0 Å². The number of unbranched alkanes of at least 4 members (excludes halogenated alkanes) is 30. The van der Waals surface area contributed by atoms with E-state index in [1.165, 1.54) is 167 Å². The summed E-state index contributed by atoms with van der Waals surface area (Å²) in [4.78, 5) is 25.5. The Morgan fingerprint density at radius 1 is 0.359 bits per heavy atom. The molecular formula is C59H106O5. The third-order valence-corrected chi connectivity index (χ3v) is 12.1. The van der Waals surface area contributed by atoms with Gasteiger partial charge >= 0.3 is 11.9 Å². The van der Waals surface area contributed by atoms with E-state index in [4.69, 9.17) is 14.2 Å². The van der Waals surface area contributed by atoms with E-state index < -0.39 is 6.10 Å². The molecule has 0 aromatic carbocycles. The second-order valence-corrected chi connectivity index (χ2v) is 18.5. The van der Waals surface area contributed by atoms with Gasteiger partial charge in [-0.2, -0.15) is 0 Å². The lowest BCUT2D eigenvalue weighted by atomic mass is 10.0. The molecule has 5 heteroatoms. The predicted octanol–water partition coefficient (Wildman–Crippen LogP) is 18.9. The first-order valence-electron chi connectivity index (χ1n) is 27.8. The lowest BCUT2D eigenvalue weighted by Gasteiger charge is -2.18. The summed E-state index contributed by atoms with van der Waals surface area (Å²) in [7, 11) is 0. The molecule has 0 amide bonds. The molecule has 0 radical (unpaired) electrons. The van der Waals surface area contributed by atoms with Gasteiger partial charge in [0.1, 0.15) is 6.61 Å². The first kappa shape index (κ1) is 61.6. The van der Waals surface area contributed by atoms with Crippen molar-refractivity contribution in [3.63, 3.8) is 0 Å². The summed E-state index contributed by atoms with van der Waals surface area (Å²) in [6, 6.07) is 0. The summed E-state index contributed by atoms with van der Waals surface area (Å²) in [6.07, 6.45) is 69.6. The Morgan fingerprint density at radius 3 is 1.09 bits per heavy atom. The van der Waals surface area contributed by atoms with Gasteiger partial charge in [-0.1, -0.05) is 261 Å². The van der Waals surface area contributed by atoms with Gasteiger partial charge in [0.25, 0.3) is 0 Å². The maximum Gasteiger partial charge on any atom is 0.306 e. The molecule has 0 bridgehead atoms. The fraction of sp³-hybridized carbons (Fsp3) is 0.797. The molecule has 0 rings (SSSR count). The number of hydrogen-bond donors (Lipinski definition) is 0. The summed E-state index contributed by atoms with van der Waals surface area (Å²) in [6.45, 7) is 7.66. The molecule has 0 aliphatic rings. The Morgan fingerprint density at radius 2 is 0.703 bits per heavy atom. The summed E-state index contributed by atoms with van der Waals surface area (Å²) < 4.78 is 17.4. The molecular weight excluding hydrogens is 789 g/mol. The number of carbonyl (C=O) groups is 2. The van der Waals surface area contributed by atoms with E-state index in [1.807, 2.05) is 0 Å². The van der Waals surface area contributed by atoms with Crippen LogP contribution < -0.4 is 0 Å². The van der Waals surface area contributed by atoms with E-state index in [9.17, 15) is 9.59 Å². The summed E-state index contributed by atoms with van der Waals surface area (Å²) in [5.74, 6) is -0.408. The van der Waals surface area contributed by atoms with Crippen molar-refractivity contribution in [1.82, 2.24) is 0 Å². The predicted molar refractivity (Wildman–Crippen MR) is 279 cm³/mol. The van der Waals surface area contributed by atoms with Gasteiger partial charge in [-0.05, 0) is 64.2 Å². The van der Waals surface area contributed by atoms with Crippen LogP contribution in [0, 0.1) is 0 Å². The van der Waals surface area contributed by atoms with Crippen molar-refractivity contribution in [2.75, 3.05) is 19.8 Å². The van der Waals surface area contributed by atoms with E-state index >= 15 is 0 Å². The average Bonchev–Trinajstić information content (AvgIpc) is 3.30. The van der Waals surface area contributed by atoms with Crippen molar-refractivity contribution in [2.24, 2.45) is 0 Å².